The maximum Gasteiger partial charge on any atom is 0.252 e. The molecule has 30 heavy (non-hydrogen) atoms. The van der Waals surface area contributed by atoms with Crippen LogP contribution in [0.3, 0.4) is 0 Å². The third-order valence-corrected chi connectivity index (χ3v) is 5.18. The van der Waals surface area contributed by atoms with Crippen molar-refractivity contribution in [2.45, 2.75) is 47.5 Å². The van der Waals surface area contributed by atoms with Gasteiger partial charge in [0.1, 0.15) is 0 Å². The Bertz CT molecular complexity index is 1120. The van der Waals surface area contributed by atoms with Crippen molar-refractivity contribution in [2.75, 3.05) is 11.9 Å². The van der Waals surface area contributed by atoms with Crippen molar-refractivity contribution in [2.24, 2.45) is 7.05 Å². The second kappa shape index (κ2) is 8.26. The van der Waals surface area contributed by atoms with E-state index in [1.807, 2.05) is 60.7 Å². The lowest BCUT2D eigenvalue weighted by atomic mass is 10.0. The molecular weight excluding hydrogens is 378 g/mol. The molecule has 2 amide bonds. The topological polar surface area (TPSA) is 88.9 Å². The number of amides is 2. The van der Waals surface area contributed by atoms with Gasteiger partial charge in [0, 0.05) is 18.4 Å². The predicted octanol–water partition coefficient (Wildman–Crippen LogP) is 3.69. The van der Waals surface area contributed by atoms with Gasteiger partial charge in [0.2, 0.25) is 5.91 Å². The van der Waals surface area contributed by atoms with Crippen molar-refractivity contribution < 1.29 is 9.59 Å². The van der Waals surface area contributed by atoms with E-state index in [1.165, 1.54) is 0 Å². The van der Waals surface area contributed by atoms with Gasteiger partial charge in [0.15, 0.2) is 5.65 Å². The third-order valence-electron chi connectivity index (χ3n) is 5.18. The molecule has 0 saturated heterocycles. The first kappa shape index (κ1) is 21.5. The van der Waals surface area contributed by atoms with Gasteiger partial charge < -0.3 is 10.6 Å². The fraction of sp³-hybridized carbons (Fsp3) is 0.391. The molecule has 2 aromatic heterocycles. The van der Waals surface area contributed by atoms with Crippen LogP contribution >= 0.6 is 0 Å². The highest BCUT2D eigenvalue weighted by Crippen LogP contribution is 2.25. The van der Waals surface area contributed by atoms with Gasteiger partial charge in [0.25, 0.3) is 5.91 Å². The molecule has 2 heterocycles. The van der Waals surface area contributed by atoms with Crippen LogP contribution in [0.1, 0.15) is 58.2 Å². The summed E-state index contributed by atoms with van der Waals surface area (Å²) in [7, 11) is 1.81. The smallest absolute Gasteiger partial charge is 0.252 e. The minimum absolute atomic E-state index is 0.119. The zero-order valence-corrected chi connectivity index (χ0v) is 18.7. The standard InChI is InChI=1S/C23H29N5O2/c1-12(2)18-10-17(20-16(6)27-28(7)22(20)25-18)23(30)24-11-19(29)26-21-14(4)8-13(3)9-15(21)5/h8-10,12H,11H2,1-7H3,(H,24,30)(H,26,29). The van der Waals surface area contributed by atoms with E-state index < -0.39 is 0 Å². The molecule has 7 heteroatoms. The minimum Gasteiger partial charge on any atom is -0.343 e. The van der Waals surface area contributed by atoms with E-state index in [2.05, 4.69) is 20.7 Å². The van der Waals surface area contributed by atoms with Gasteiger partial charge in [-0.15, -0.1) is 0 Å². The quantitative estimate of drug-likeness (QED) is 0.675. The summed E-state index contributed by atoms with van der Waals surface area (Å²) in [5.74, 6) is -0.421. The number of hydrogen-bond donors (Lipinski definition) is 2. The highest BCUT2D eigenvalue weighted by Gasteiger charge is 2.20. The van der Waals surface area contributed by atoms with E-state index in [0.717, 1.165) is 33.8 Å². The molecule has 0 fully saturated rings. The number of carbonyl (C=O) groups excluding carboxylic acids is 2. The summed E-state index contributed by atoms with van der Waals surface area (Å²) in [6.45, 7) is 11.7. The summed E-state index contributed by atoms with van der Waals surface area (Å²) >= 11 is 0. The molecule has 158 valence electrons. The number of hydrogen-bond acceptors (Lipinski definition) is 4. The Morgan fingerprint density at radius 3 is 2.30 bits per heavy atom. The molecule has 2 N–H and O–H groups in total. The van der Waals surface area contributed by atoms with Crippen LogP contribution in [-0.2, 0) is 11.8 Å². The van der Waals surface area contributed by atoms with E-state index in [9.17, 15) is 9.59 Å². The van der Waals surface area contributed by atoms with Gasteiger partial charge in [0.05, 0.1) is 23.2 Å². The number of carbonyl (C=O) groups is 2. The molecule has 0 saturated carbocycles. The zero-order chi connectivity index (χ0) is 22.2. The fourth-order valence-corrected chi connectivity index (χ4v) is 3.76. The molecule has 1 aromatic carbocycles. The second-order valence-electron chi connectivity index (χ2n) is 8.16. The Labute approximate surface area is 176 Å². The molecule has 0 bridgehead atoms. The number of fused-ring (bicyclic) bond motifs is 1. The molecule has 0 spiro atoms. The van der Waals surface area contributed by atoms with Gasteiger partial charge in [-0.25, -0.2) is 4.98 Å². The molecule has 0 aliphatic carbocycles. The molecule has 0 atom stereocenters. The second-order valence-corrected chi connectivity index (χ2v) is 8.16. The largest absolute Gasteiger partial charge is 0.343 e. The number of nitrogens with one attached hydrogen (secondary N) is 2. The van der Waals surface area contributed by atoms with Crippen molar-refractivity contribution in [1.82, 2.24) is 20.1 Å². The highest BCUT2D eigenvalue weighted by molar-refractivity contribution is 6.08. The average molecular weight is 408 g/mol. The predicted molar refractivity (Wildman–Crippen MR) is 119 cm³/mol. The SMILES string of the molecule is Cc1cc(C)c(NC(=O)CNC(=O)c2cc(C(C)C)nc3c2c(C)nn3C)c(C)c1. The van der Waals surface area contributed by atoms with Crippen LogP contribution < -0.4 is 10.6 Å². The fourth-order valence-electron chi connectivity index (χ4n) is 3.76. The van der Waals surface area contributed by atoms with E-state index in [4.69, 9.17) is 0 Å². The van der Waals surface area contributed by atoms with E-state index in [1.54, 1.807) is 10.7 Å². The van der Waals surface area contributed by atoms with Crippen molar-refractivity contribution in [3.63, 3.8) is 0 Å². The van der Waals surface area contributed by atoms with E-state index in [-0.39, 0.29) is 24.3 Å². The first-order valence-corrected chi connectivity index (χ1v) is 10.1. The molecule has 0 aliphatic heterocycles. The Balaban J connectivity index is 1.81. The van der Waals surface area contributed by atoms with Crippen LogP contribution in [0.2, 0.25) is 0 Å². The number of aryl methyl sites for hydroxylation is 5. The Kier molecular flexibility index (Phi) is 5.92. The third kappa shape index (κ3) is 4.20. The maximum atomic E-state index is 13.0. The van der Waals surface area contributed by atoms with E-state index in [0.29, 0.717) is 16.6 Å². The van der Waals surface area contributed by atoms with Crippen LogP contribution in [0.25, 0.3) is 11.0 Å². The van der Waals surface area contributed by atoms with Gasteiger partial charge in [-0.3, -0.25) is 14.3 Å². The first-order valence-electron chi connectivity index (χ1n) is 10.1. The number of pyridine rings is 1. The molecular formula is C23H29N5O2. The summed E-state index contributed by atoms with van der Waals surface area (Å²) in [6.07, 6.45) is 0. The Hall–Kier alpha value is -3.22. The molecule has 0 unspecified atom stereocenters. The summed E-state index contributed by atoms with van der Waals surface area (Å²) in [5.41, 5.74) is 6.62. The number of aromatic nitrogens is 3. The molecule has 0 radical (unpaired) electrons. The van der Waals surface area contributed by atoms with Gasteiger partial charge >= 0.3 is 0 Å². The van der Waals surface area contributed by atoms with Crippen LogP contribution in [0.5, 0.6) is 0 Å². The summed E-state index contributed by atoms with van der Waals surface area (Å²) in [6, 6.07) is 5.84. The number of benzene rings is 1. The molecule has 3 rings (SSSR count). The number of rotatable bonds is 5. The Morgan fingerprint density at radius 1 is 1.07 bits per heavy atom. The summed E-state index contributed by atoms with van der Waals surface area (Å²) in [5, 5.41) is 10.8. The van der Waals surface area contributed by atoms with Crippen LogP contribution in [0, 0.1) is 27.7 Å². The van der Waals surface area contributed by atoms with Gasteiger partial charge in [-0.2, -0.15) is 5.10 Å². The van der Waals surface area contributed by atoms with Crippen LogP contribution in [0.15, 0.2) is 18.2 Å². The lowest BCUT2D eigenvalue weighted by molar-refractivity contribution is -0.115. The van der Waals surface area contributed by atoms with Crippen molar-refractivity contribution in [1.29, 1.82) is 0 Å². The van der Waals surface area contributed by atoms with Gasteiger partial charge in [-0.05, 0) is 50.8 Å². The van der Waals surface area contributed by atoms with Crippen molar-refractivity contribution in [3.05, 3.63) is 51.8 Å². The summed E-state index contributed by atoms with van der Waals surface area (Å²) in [4.78, 5) is 30.1. The number of anilines is 1. The van der Waals surface area contributed by atoms with Crippen molar-refractivity contribution in [3.8, 4) is 0 Å². The van der Waals surface area contributed by atoms with Crippen LogP contribution in [-0.4, -0.2) is 33.1 Å². The Morgan fingerprint density at radius 2 is 1.70 bits per heavy atom. The maximum absolute atomic E-state index is 13.0. The summed E-state index contributed by atoms with van der Waals surface area (Å²) < 4.78 is 1.68. The van der Waals surface area contributed by atoms with Gasteiger partial charge in [-0.1, -0.05) is 31.5 Å². The number of nitrogens with zero attached hydrogens (tertiary/aromatic N) is 3. The van der Waals surface area contributed by atoms with Crippen LogP contribution in [0.4, 0.5) is 5.69 Å². The lowest BCUT2D eigenvalue weighted by Gasteiger charge is -2.14. The minimum atomic E-state index is -0.312. The first-order chi connectivity index (χ1) is 14.1. The van der Waals surface area contributed by atoms with Crippen molar-refractivity contribution >= 4 is 28.5 Å². The molecule has 0 aliphatic rings. The molecule has 7 nitrogen and oxygen atoms in total. The normalized spacial score (nSPS) is 11.2. The lowest BCUT2D eigenvalue weighted by Crippen LogP contribution is -2.33. The van der Waals surface area contributed by atoms with E-state index >= 15 is 0 Å². The molecule has 3 aromatic rings. The average Bonchev–Trinajstić information content (AvgIpc) is 2.96. The zero-order valence-electron chi connectivity index (χ0n) is 18.7. The highest BCUT2D eigenvalue weighted by atomic mass is 16.2. The monoisotopic (exact) mass is 407 g/mol.